The molecule has 3 rings (SSSR count). The van der Waals surface area contributed by atoms with Crippen LogP contribution in [0.1, 0.15) is 30.4 Å². The van der Waals surface area contributed by atoms with Crippen LogP contribution in [-0.2, 0) is 16.4 Å². The van der Waals surface area contributed by atoms with Gasteiger partial charge in [0.2, 0.25) is 10.0 Å². The van der Waals surface area contributed by atoms with Crippen molar-refractivity contribution in [1.82, 2.24) is 0 Å². The average Bonchev–Trinajstić information content (AvgIpc) is 3.41. The monoisotopic (exact) mass is 519 g/mol. The Hall–Kier alpha value is -1.68. The maximum atomic E-state index is 14.8. The van der Waals surface area contributed by atoms with Gasteiger partial charge in [0.05, 0.1) is 17.5 Å². The summed E-state index contributed by atoms with van der Waals surface area (Å²) in [5, 5.41) is 0. The summed E-state index contributed by atoms with van der Waals surface area (Å²) >= 11 is 2.00. The molecule has 0 bridgehead atoms. The third kappa shape index (κ3) is 4.17. The topological polar surface area (TPSA) is 55.4 Å². The number of anilines is 1. The van der Waals surface area contributed by atoms with Gasteiger partial charge in [-0.3, -0.25) is 4.72 Å². The van der Waals surface area contributed by atoms with E-state index in [1.807, 2.05) is 22.6 Å². The fourth-order valence-electron chi connectivity index (χ4n) is 3.11. The van der Waals surface area contributed by atoms with Gasteiger partial charge in [-0.05, 0) is 71.2 Å². The van der Waals surface area contributed by atoms with Crippen LogP contribution in [0.25, 0.3) is 0 Å². The molecule has 8 heteroatoms. The highest BCUT2D eigenvalue weighted by atomic mass is 127. The molecular formula is C20H20F2INO3S. The highest BCUT2D eigenvalue weighted by Crippen LogP contribution is 2.47. The number of methoxy groups -OCH3 is 1. The Labute approximate surface area is 177 Å². The smallest absolute Gasteiger partial charge is 0.238 e. The van der Waals surface area contributed by atoms with E-state index in [0.717, 1.165) is 9.64 Å². The Kier molecular flexibility index (Phi) is 6.00. The van der Waals surface area contributed by atoms with Crippen molar-refractivity contribution in [3.63, 3.8) is 0 Å². The number of halogens is 3. The van der Waals surface area contributed by atoms with Crippen LogP contribution in [0.5, 0.6) is 5.75 Å². The van der Waals surface area contributed by atoms with Gasteiger partial charge >= 0.3 is 0 Å². The van der Waals surface area contributed by atoms with E-state index < -0.39 is 26.4 Å². The molecule has 0 spiro atoms. The number of rotatable bonds is 8. The molecule has 2 aromatic carbocycles. The molecule has 1 fully saturated rings. The summed E-state index contributed by atoms with van der Waals surface area (Å²) in [7, 11) is -2.45. The minimum absolute atomic E-state index is 0.0170. The Morgan fingerprint density at radius 3 is 2.50 bits per heavy atom. The molecule has 28 heavy (non-hydrogen) atoms. The zero-order chi connectivity index (χ0) is 20.5. The van der Waals surface area contributed by atoms with Crippen molar-refractivity contribution in [2.24, 2.45) is 0 Å². The van der Waals surface area contributed by atoms with Gasteiger partial charge < -0.3 is 4.74 Å². The lowest BCUT2D eigenvalue weighted by Gasteiger charge is -2.20. The molecule has 0 unspecified atom stereocenters. The van der Waals surface area contributed by atoms with Gasteiger partial charge in [-0.1, -0.05) is 12.1 Å². The average molecular weight is 519 g/mol. The van der Waals surface area contributed by atoms with Crippen molar-refractivity contribution in [3.05, 3.63) is 69.3 Å². The highest BCUT2D eigenvalue weighted by Gasteiger charge is 2.53. The Morgan fingerprint density at radius 2 is 1.93 bits per heavy atom. The summed E-state index contributed by atoms with van der Waals surface area (Å²) in [4.78, 5) is 0. The van der Waals surface area contributed by atoms with Crippen LogP contribution in [0.15, 0.2) is 43.0 Å². The van der Waals surface area contributed by atoms with Gasteiger partial charge in [-0.15, -0.1) is 6.58 Å². The van der Waals surface area contributed by atoms with E-state index in [1.54, 1.807) is 18.2 Å². The highest BCUT2D eigenvalue weighted by molar-refractivity contribution is 14.1. The van der Waals surface area contributed by atoms with Crippen LogP contribution in [0.4, 0.5) is 14.5 Å². The predicted molar refractivity (Wildman–Crippen MR) is 114 cm³/mol. The van der Waals surface area contributed by atoms with E-state index in [9.17, 15) is 17.2 Å². The first kappa shape index (κ1) is 21.0. The Bertz CT molecular complexity index is 1020. The van der Waals surface area contributed by atoms with Crippen LogP contribution in [0.2, 0.25) is 0 Å². The second-order valence-corrected chi connectivity index (χ2v) is 10.2. The maximum absolute atomic E-state index is 14.8. The lowest BCUT2D eigenvalue weighted by molar-refractivity contribution is 0.411. The third-order valence-corrected chi connectivity index (χ3v) is 7.77. The number of benzene rings is 2. The van der Waals surface area contributed by atoms with Gasteiger partial charge in [0, 0.05) is 16.1 Å². The molecule has 4 nitrogen and oxygen atoms in total. The van der Waals surface area contributed by atoms with Gasteiger partial charge in [0.25, 0.3) is 0 Å². The van der Waals surface area contributed by atoms with Crippen molar-refractivity contribution in [1.29, 1.82) is 0 Å². The van der Waals surface area contributed by atoms with Crippen molar-refractivity contribution in [2.45, 2.75) is 30.4 Å². The van der Waals surface area contributed by atoms with Crippen LogP contribution in [0.3, 0.4) is 0 Å². The first-order valence-electron chi connectivity index (χ1n) is 8.65. The molecule has 1 saturated carbocycles. The van der Waals surface area contributed by atoms with Crippen molar-refractivity contribution in [2.75, 3.05) is 11.8 Å². The van der Waals surface area contributed by atoms with Gasteiger partial charge in [0.15, 0.2) is 5.82 Å². The van der Waals surface area contributed by atoms with Crippen molar-refractivity contribution in [3.8, 4) is 5.75 Å². The third-order valence-electron chi connectivity index (χ3n) is 4.91. The molecule has 150 valence electrons. The fourth-order valence-corrected chi connectivity index (χ4v) is 5.25. The van der Waals surface area contributed by atoms with Crippen molar-refractivity contribution < 1.29 is 21.9 Å². The summed E-state index contributed by atoms with van der Waals surface area (Å²) in [6.07, 6.45) is 2.85. The summed E-state index contributed by atoms with van der Waals surface area (Å²) < 4.78 is 62.1. The summed E-state index contributed by atoms with van der Waals surface area (Å²) in [6.45, 7) is 3.61. The molecule has 1 N–H and O–H groups in total. The summed E-state index contributed by atoms with van der Waals surface area (Å²) in [5.41, 5.74) is 0.463. The minimum Gasteiger partial charge on any atom is -0.497 e. The van der Waals surface area contributed by atoms with E-state index in [0.29, 0.717) is 30.4 Å². The molecule has 0 radical (unpaired) electrons. The minimum atomic E-state index is -3.83. The normalized spacial score (nSPS) is 15.1. The molecule has 0 saturated heterocycles. The second kappa shape index (κ2) is 7.98. The number of nitrogens with one attached hydrogen (secondary N) is 1. The molecule has 0 aromatic heterocycles. The molecule has 0 atom stereocenters. The summed E-state index contributed by atoms with van der Waals surface area (Å²) in [5.74, 6) is -0.971. The quantitative estimate of drug-likeness (QED) is 0.394. The van der Waals surface area contributed by atoms with Crippen LogP contribution in [-0.4, -0.2) is 20.3 Å². The zero-order valence-electron chi connectivity index (χ0n) is 15.3. The molecule has 0 amide bonds. The molecule has 0 aliphatic heterocycles. The molecule has 2 aromatic rings. The van der Waals surface area contributed by atoms with Gasteiger partial charge in [-0.2, -0.15) is 0 Å². The fraction of sp³-hybridized carbons (Fsp3) is 0.300. The molecule has 0 heterocycles. The second-order valence-electron chi connectivity index (χ2n) is 6.84. The number of ether oxygens (including phenoxy) is 1. The number of sulfonamides is 1. The van der Waals surface area contributed by atoms with E-state index in [1.165, 1.54) is 19.2 Å². The maximum Gasteiger partial charge on any atom is 0.238 e. The van der Waals surface area contributed by atoms with E-state index in [-0.39, 0.29) is 17.9 Å². The number of hydrogen-bond donors (Lipinski definition) is 1. The Morgan fingerprint density at radius 1 is 1.21 bits per heavy atom. The lowest BCUT2D eigenvalue weighted by atomic mass is 10.0. The first-order chi connectivity index (χ1) is 13.2. The Balaban J connectivity index is 2.02. The predicted octanol–water partition coefficient (Wildman–Crippen LogP) is 5.02. The molecule has 1 aliphatic carbocycles. The SMILES string of the molecule is C=CCC1(S(=O)(=O)Nc2c(F)cc(OC)cc2Cc2ccc(I)cc2F)CC1. The van der Waals surface area contributed by atoms with E-state index in [2.05, 4.69) is 11.3 Å². The van der Waals surface area contributed by atoms with Crippen molar-refractivity contribution >= 4 is 38.3 Å². The van der Waals surface area contributed by atoms with E-state index in [4.69, 9.17) is 4.74 Å². The van der Waals surface area contributed by atoms with Crippen LogP contribution >= 0.6 is 22.6 Å². The van der Waals surface area contributed by atoms with Crippen LogP contribution in [0, 0.1) is 15.2 Å². The van der Waals surface area contributed by atoms with Gasteiger partial charge in [0.1, 0.15) is 11.6 Å². The van der Waals surface area contributed by atoms with Crippen LogP contribution < -0.4 is 9.46 Å². The largest absolute Gasteiger partial charge is 0.497 e. The van der Waals surface area contributed by atoms with Gasteiger partial charge in [-0.25, -0.2) is 17.2 Å². The standard InChI is InChI=1S/C20H20F2INO3S/c1-3-6-20(7-8-20)28(25,26)24-19-14(10-16(27-2)12-18(19)22)9-13-4-5-15(23)11-17(13)21/h3-5,10-12,24H,1,6-9H2,2H3. The lowest BCUT2D eigenvalue weighted by Crippen LogP contribution is -2.30. The van der Waals surface area contributed by atoms with E-state index >= 15 is 0 Å². The first-order valence-corrected chi connectivity index (χ1v) is 11.2. The number of hydrogen-bond acceptors (Lipinski definition) is 3. The number of allylic oxidation sites excluding steroid dienone is 1. The zero-order valence-corrected chi connectivity index (χ0v) is 18.2. The molecule has 1 aliphatic rings. The summed E-state index contributed by atoms with van der Waals surface area (Å²) in [6, 6.07) is 7.35. The molecular weight excluding hydrogens is 499 g/mol.